The van der Waals surface area contributed by atoms with Crippen molar-refractivity contribution in [2.75, 3.05) is 11.1 Å². The van der Waals surface area contributed by atoms with Gasteiger partial charge in [0, 0.05) is 28.4 Å². The van der Waals surface area contributed by atoms with Crippen LogP contribution in [0.1, 0.15) is 36.6 Å². The van der Waals surface area contributed by atoms with E-state index in [-0.39, 0.29) is 23.9 Å². The molecule has 1 aliphatic heterocycles. The Balaban J connectivity index is 1.54. The van der Waals surface area contributed by atoms with Crippen molar-refractivity contribution >= 4 is 35.0 Å². The Labute approximate surface area is 154 Å². The number of rotatable bonds is 3. The first-order chi connectivity index (χ1) is 12.1. The molecule has 130 valence electrons. The van der Waals surface area contributed by atoms with Crippen molar-refractivity contribution < 1.29 is 4.79 Å². The molecule has 4 rings (SSSR count). The molecule has 0 bridgehead atoms. The summed E-state index contributed by atoms with van der Waals surface area (Å²) < 4.78 is 1.73. The van der Waals surface area contributed by atoms with Crippen LogP contribution < -0.4 is 10.9 Å². The topological polar surface area (TPSA) is 64.0 Å². The first kappa shape index (κ1) is 16.7. The van der Waals surface area contributed by atoms with Gasteiger partial charge in [0.25, 0.3) is 5.56 Å². The number of aryl methyl sites for hydroxylation is 1. The van der Waals surface area contributed by atoms with Crippen molar-refractivity contribution in [3.63, 3.8) is 0 Å². The predicted octanol–water partition coefficient (Wildman–Crippen LogP) is 3.45. The predicted molar refractivity (Wildman–Crippen MR) is 99.6 cm³/mol. The smallest absolute Gasteiger partial charge is 0.257 e. The molecule has 2 heterocycles. The van der Waals surface area contributed by atoms with Crippen LogP contribution in [0.2, 0.25) is 5.02 Å². The number of hydrogen-bond acceptors (Lipinski definition) is 4. The summed E-state index contributed by atoms with van der Waals surface area (Å²) in [7, 11) is 0. The molecule has 7 heteroatoms. The number of nitrogens with one attached hydrogen (secondary N) is 1. The highest BCUT2D eigenvalue weighted by Crippen LogP contribution is 2.34. The molecule has 25 heavy (non-hydrogen) atoms. The molecule has 1 amide bonds. The van der Waals surface area contributed by atoms with Gasteiger partial charge in [-0.05, 0) is 43.9 Å². The van der Waals surface area contributed by atoms with Gasteiger partial charge in [0.05, 0.1) is 11.7 Å². The largest absolute Gasteiger partial charge is 0.326 e. The lowest BCUT2D eigenvalue weighted by molar-refractivity contribution is -0.116. The summed E-state index contributed by atoms with van der Waals surface area (Å²) in [5, 5.41) is 4.19. The van der Waals surface area contributed by atoms with Crippen molar-refractivity contribution in [2.45, 2.75) is 43.3 Å². The number of nitrogens with zero attached hydrogens (tertiary/aromatic N) is 2. The zero-order valence-corrected chi connectivity index (χ0v) is 15.2. The first-order valence-corrected chi connectivity index (χ1v) is 9.80. The van der Waals surface area contributed by atoms with Crippen LogP contribution >= 0.6 is 23.4 Å². The molecule has 0 saturated heterocycles. The van der Waals surface area contributed by atoms with Crippen LogP contribution in [0.3, 0.4) is 0 Å². The van der Waals surface area contributed by atoms with Crippen LogP contribution in [0.5, 0.6) is 0 Å². The molecule has 2 aromatic rings. The van der Waals surface area contributed by atoms with Crippen LogP contribution in [0.15, 0.2) is 34.2 Å². The van der Waals surface area contributed by atoms with Crippen molar-refractivity contribution in [1.82, 2.24) is 9.55 Å². The second kappa shape index (κ2) is 6.84. The summed E-state index contributed by atoms with van der Waals surface area (Å²) in [6.07, 6.45) is 4.08. The summed E-state index contributed by atoms with van der Waals surface area (Å²) >= 11 is 7.51. The Hall–Kier alpha value is -1.79. The number of carbonyl (C=O) groups is 1. The van der Waals surface area contributed by atoms with E-state index < -0.39 is 0 Å². The maximum absolute atomic E-state index is 12.9. The fourth-order valence-electron chi connectivity index (χ4n) is 3.46. The highest BCUT2D eigenvalue weighted by molar-refractivity contribution is 7.99. The zero-order valence-electron chi connectivity index (χ0n) is 13.6. The molecule has 1 aromatic heterocycles. The average Bonchev–Trinajstić information content (AvgIpc) is 2.98. The molecular weight excluding hydrogens is 358 g/mol. The molecule has 1 atom stereocenters. The third-order valence-electron chi connectivity index (χ3n) is 4.65. The third kappa shape index (κ3) is 3.33. The van der Waals surface area contributed by atoms with E-state index in [9.17, 15) is 9.59 Å². The van der Waals surface area contributed by atoms with Crippen LogP contribution in [-0.4, -0.2) is 21.2 Å². The Kier molecular flexibility index (Phi) is 4.56. The second-order valence-corrected chi connectivity index (χ2v) is 7.85. The number of anilines is 1. The number of benzene rings is 1. The molecule has 0 unspecified atom stereocenters. The first-order valence-electron chi connectivity index (χ1n) is 8.44. The van der Waals surface area contributed by atoms with E-state index in [1.54, 1.807) is 40.6 Å². The van der Waals surface area contributed by atoms with Crippen LogP contribution in [-0.2, 0) is 17.6 Å². The molecule has 0 spiro atoms. The summed E-state index contributed by atoms with van der Waals surface area (Å²) in [6, 6.07) is 6.91. The van der Waals surface area contributed by atoms with E-state index in [4.69, 9.17) is 11.6 Å². The molecular formula is C18H18ClN3O2S. The Morgan fingerprint density at radius 1 is 1.36 bits per heavy atom. The standard InChI is InChI=1S/C18H18ClN3O2S/c19-11-4-3-5-12(8-11)20-16(23)9-13-10-25-18-21-15-7-2-1-6-14(15)17(24)22(13)18/h3-5,8,13H,1-2,6-7,9-10H2,(H,20,23)/t13-/m0/s1. The summed E-state index contributed by atoms with van der Waals surface area (Å²) in [5.41, 5.74) is 2.52. The van der Waals surface area contributed by atoms with Crippen LogP contribution in [0.25, 0.3) is 0 Å². The lowest BCUT2D eigenvalue weighted by Crippen LogP contribution is -2.32. The van der Waals surface area contributed by atoms with Gasteiger partial charge in [-0.15, -0.1) is 0 Å². The highest BCUT2D eigenvalue weighted by Gasteiger charge is 2.30. The van der Waals surface area contributed by atoms with Crippen LogP contribution in [0.4, 0.5) is 5.69 Å². The van der Waals surface area contributed by atoms with Gasteiger partial charge < -0.3 is 5.32 Å². The molecule has 0 radical (unpaired) electrons. The summed E-state index contributed by atoms with van der Waals surface area (Å²) in [5.74, 6) is 0.582. The van der Waals surface area contributed by atoms with E-state index in [1.807, 2.05) is 0 Å². The van der Waals surface area contributed by atoms with Crippen molar-refractivity contribution in [3.8, 4) is 0 Å². The highest BCUT2D eigenvalue weighted by atomic mass is 35.5. The minimum absolute atomic E-state index is 0.0465. The number of aromatic nitrogens is 2. The molecule has 0 fully saturated rings. The molecule has 1 N–H and O–H groups in total. The molecule has 1 aliphatic carbocycles. The molecule has 2 aliphatic rings. The quantitative estimate of drug-likeness (QED) is 0.834. The van der Waals surface area contributed by atoms with E-state index in [2.05, 4.69) is 10.3 Å². The lowest BCUT2D eigenvalue weighted by atomic mass is 9.97. The fraction of sp³-hybridized carbons (Fsp3) is 0.389. The summed E-state index contributed by atoms with van der Waals surface area (Å²) in [4.78, 5) is 29.9. The van der Waals surface area contributed by atoms with Gasteiger partial charge in [0.2, 0.25) is 5.91 Å². The van der Waals surface area contributed by atoms with E-state index >= 15 is 0 Å². The van der Waals surface area contributed by atoms with Crippen LogP contribution in [0, 0.1) is 0 Å². The van der Waals surface area contributed by atoms with Crippen molar-refractivity contribution in [3.05, 3.63) is 50.9 Å². The van der Waals surface area contributed by atoms with Gasteiger partial charge in [0.1, 0.15) is 0 Å². The molecule has 0 saturated carbocycles. The van der Waals surface area contributed by atoms with Gasteiger partial charge in [0.15, 0.2) is 5.16 Å². The Morgan fingerprint density at radius 3 is 3.04 bits per heavy atom. The monoisotopic (exact) mass is 375 g/mol. The summed E-state index contributed by atoms with van der Waals surface area (Å²) in [6.45, 7) is 0. The van der Waals surface area contributed by atoms with Gasteiger partial charge >= 0.3 is 0 Å². The van der Waals surface area contributed by atoms with Crippen molar-refractivity contribution in [2.24, 2.45) is 0 Å². The number of hydrogen-bond donors (Lipinski definition) is 1. The maximum atomic E-state index is 12.9. The van der Waals surface area contributed by atoms with Gasteiger partial charge in [-0.2, -0.15) is 0 Å². The van der Waals surface area contributed by atoms with Gasteiger partial charge in [-0.1, -0.05) is 29.4 Å². The van der Waals surface area contributed by atoms with Crippen molar-refractivity contribution in [1.29, 1.82) is 0 Å². The van der Waals surface area contributed by atoms with E-state index in [0.717, 1.165) is 42.1 Å². The number of thioether (sulfide) groups is 1. The van der Waals surface area contributed by atoms with Gasteiger partial charge in [-0.3, -0.25) is 14.2 Å². The maximum Gasteiger partial charge on any atom is 0.257 e. The minimum atomic E-state index is -0.147. The Bertz CT molecular complexity index is 896. The van der Waals surface area contributed by atoms with E-state index in [0.29, 0.717) is 16.5 Å². The zero-order chi connectivity index (χ0) is 17.4. The average molecular weight is 376 g/mol. The minimum Gasteiger partial charge on any atom is -0.326 e. The number of halogens is 1. The molecule has 5 nitrogen and oxygen atoms in total. The fourth-order valence-corrected chi connectivity index (χ4v) is 4.80. The van der Waals surface area contributed by atoms with E-state index in [1.165, 1.54) is 0 Å². The molecule has 1 aromatic carbocycles. The lowest BCUT2D eigenvalue weighted by Gasteiger charge is -2.18. The normalized spacial score (nSPS) is 18.5. The van der Waals surface area contributed by atoms with Gasteiger partial charge in [-0.25, -0.2) is 4.98 Å². The number of fused-ring (bicyclic) bond motifs is 2. The number of amides is 1. The third-order valence-corrected chi connectivity index (χ3v) is 5.98. The number of carbonyl (C=O) groups excluding carboxylic acids is 1. The SMILES string of the molecule is O=C(C[C@H]1CSc2nc3c(c(=O)n21)CCCC3)Nc1cccc(Cl)c1. The Morgan fingerprint density at radius 2 is 2.20 bits per heavy atom. The second-order valence-electron chi connectivity index (χ2n) is 6.43.